The molecule has 2 aromatic carbocycles. The minimum absolute atomic E-state index is 0.261. The van der Waals surface area contributed by atoms with Crippen molar-refractivity contribution in [2.24, 2.45) is 0 Å². The van der Waals surface area contributed by atoms with Crippen LogP contribution in [-0.2, 0) is 0 Å². The summed E-state index contributed by atoms with van der Waals surface area (Å²) in [5.41, 5.74) is 4.21. The van der Waals surface area contributed by atoms with Gasteiger partial charge >= 0.3 is 0 Å². The van der Waals surface area contributed by atoms with Gasteiger partial charge in [0.2, 0.25) is 0 Å². The SMILES string of the molecule is Cc1ccc(NC(=O)c2cc(-c3ccccc3)on2)cc1C. The molecule has 0 unspecified atom stereocenters. The van der Waals surface area contributed by atoms with Crippen LogP contribution in [0.2, 0.25) is 0 Å². The number of benzene rings is 2. The number of aryl methyl sites for hydroxylation is 2. The van der Waals surface area contributed by atoms with E-state index in [9.17, 15) is 4.79 Å². The molecule has 1 N–H and O–H groups in total. The second-order valence-corrected chi connectivity index (χ2v) is 5.20. The van der Waals surface area contributed by atoms with Crippen LogP contribution in [0, 0.1) is 13.8 Å². The number of rotatable bonds is 3. The molecule has 1 amide bonds. The van der Waals surface area contributed by atoms with E-state index in [1.54, 1.807) is 6.07 Å². The van der Waals surface area contributed by atoms with Crippen molar-refractivity contribution in [2.45, 2.75) is 13.8 Å². The Balaban J connectivity index is 1.78. The number of hydrogen-bond donors (Lipinski definition) is 1. The lowest BCUT2D eigenvalue weighted by Crippen LogP contribution is -2.12. The Bertz CT molecular complexity index is 807. The first kappa shape index (κ1) is 14.1. The molecule has 22 heavy (non-hydrogen) atoms. The zero-order valence-electron chi connectivity index (χ0n) is 12.5. The highest BCUT2D eigenvalue weighted by atomic mass is 16.5. The van der Waals surface area contributed by atoms with Crippen LogP contribution in [0.4, 0.5) is 5.69 Å². The summed E-state index contributed by atoms with van der Waals surface area (Å²) in [5.74, 6) is 0.292. The number of carbonyl (C=O) groups excluding carboxylic acids is 1. The van der Waals surface area contributed by atoms with E-state index in [0.717, 1.165) is 16.8 Å². The molecule has 0 spiro atoms. The number of carbonyl (C=O) groups is 1. The molecule has 110 valence electrons. The van der Waals surface area contributed by atoms with Crippen LogP contribution in [0.5, 0.6) is 0 Å². The summed E-state index contributed by atoms with van der Waals surface area (Å²) in [7, 11) is 0. The topological polar surface area (TPSA) is 55.1 Å². The molecule has 4 heteroatoms. The van der Waals surface area contributed by atoms with Crippen molar-refractivity contribution in [1.82, 2.24) is 5.16 Å². The summed E-state index contributed by atoms with van der Waals surface area (Å²) in [4.78, 5) is 12.2. The average molecular weight is 292 g/mol. The van der Waals surface area contributed by atoms with Gasteiger partial charge in [0.1, 0.15) is 0 Å². The van der Waals surface area contributed by atoms with Gasteiger partial charge in [-0.1, -0.05) is 41.6 Å². The van der Waals surface area contributed by atoms with E-state index >= 15 is 0 Å². The van der Waals surface area contributed by atoms with Crippen molar-refractivity contribution in [3.63, 3.8) is 0 Å². The van der Waals surface area contributed by atoms with Gasteiger partial charge in [-0.05, 0) is 37.1 Å². The number of hydrogen-bond acceptors (Lipinski definition) is 3. The second kappa shape index (κ2) is 5.85. The van der Waals surface area contributed by atoms with Crippen molar-refractivity contribution in [2.75, 3.05) is 5.32 Å². The van der Waals surface area contributed by atoms with Crippen LogP contribution >= 0.6 is 0 Å². The maximum absolute atomic E-state index is 12.2. The van der Waals surface area contributed by atoms with Crippen LogP contribution in [0.15, 0.2) is 59.1 Å². The number of amides is 1. The predicted octanol–water partition coefficient (Wildman–Crippen LogP) is 4.21. The molecule has 0 aliphatic rings. The molecule has 1 heterocycles. The van der Waals surface area contributed by atoms with Crippen LogP contribution in [0.1, 0.15) is 21.6 Å². The lowest BCUT2D eigenvalue weighted by molar-refractivity contribution is 0.101. The molecule has 3 aromatic rings. The maximum Gasteiger partial charge on any atom is 0.277 e. The standard InChI is InChI=1S/C18H16N2O2/c1-12-8-9-15(10-13(12)2)19-18(21)16-11-17(22-20-16)14-6-4-3-5-7-14/h3-11H,1-2H3,(H,19,21). The molecule has 3 rings (SSSR count). The van der Waals surface area contributed by atoms with Crippen molar-refractivity contribution in [3.05, 3.63) is 71.4 Å². The molecular formula is C18H16N2O2. The van der Waals surface area contributed by atoms with Crippen molar-refractivity contribution >= 4 is 11.6 Å². The van der Waals surface area contributed by atoms with E-state index in [-0.39, 0.29) is 11.6 Å². The highest BCUT2D eigenvalue weighted by molar-refractivity contribution is 6.03. The number of nitrogens with one attached hydrogen (secondary N) is 1. The van der Waals surface area contributed by atoms with Crippen LogP contribution in [0.25, 0.3) is 11.3 Å². The van der Waals surface area contributed by atoms with Crippen LogP contribution in [-0.4, -0.2) is 11.1 Å². The minimum Gasteiger partial charge on any atom is -0.355 e. The summed E-state index contributed by atoms with van der Waals surface area (Å²) in [5, 5.41) is 6.67. The van der Waals surface area contributed by atoms with Gasteiger partial charge in [-0.3, -0.25) is 4.79 Å². The van der Waals surface area contributed by atoms with Gasteiger partial charge in [-0.25, -0.2) is 0 Å². The normalized spacial score (nSPS) is 10.5. The Kier molecular flexibility index (Phi) is 3.74. The summed E-state index contributed by atoms with van der Waals surface area (Å²) in [6, 6.07) is 17.0. The Morgan fingerprint density at radius 2 is 1.77 bits per heavy atom. The van der Waals surface area contributed by atoms with E-state index in [4.69, 9.17) is 4.52 Å². The zero-order chi connectivity index (χ0) is 15.5. The van der Waals surface area contributed by atoms with E-state index in [1.807, 2.05) is 62.4 Å². The smallest absolute Gasteiger partial charge is 0.277 e. The van der Waals surface area contributed by atoms with Gasteiger partial charge in [-0.2, -0.15) is 0 Å². The van der Waals surface area contributed by atoms with Gasteiger partial charge in [0.15, 0.2) is 11.5 Å². The first-order valence-corrected chi connectivity index (χ1v) is 7.04. The molecule has 4 nitrogen and oxygen atoms in total. The highest BCUT2D eigenvalue weighted by Gasteiger charge is 2.14. The molecule has 0 bridgehead atoms. The summed E-state index contributed by atoms with van der Waals surface area (Å²) < 4.78 is 5.24. The lowest BCUT2D eigenvalue weighted by Gasteiger charge is -2.05. The zero-order valence-corrected chi connectivity index (χ0v) is 12.5. The lowest BCUT2D eigenvalue weighted by atomic mass is 10.1. The highest BCUT2D eigenvalue weighted by Crippen LogP contribution is 2.21. The van der Waals surface area contributed by atoms with E-state index in [2.05, 4.69) is 10.5 Å². The van der Waals surface area contributed by atoms with Gasteiger partial charge in [0.25, 0.3) is 5.91 Å². The summed E-state index contributed by atoms with van der Waals surface area (Å²) in [6.07, 6.45) is 0. The fourth-order valence-electron chi connectivity index (χ4n) is 2.13. The molecule has 0 atom stereocenters. The van der Waals surface area contributed by atoms with Gasteiger partial charge < -0.3 is 9.84 Å². The summed E-state index contributed by atoms with van der Waals surface area (Å²) in [6.45, 7) is 4.04. The predicted molar refractivity (Wildman–Crippen MR) is 85.8 cm³/mol. The Morgan fingerprint density at radius 3 is 2.50 bits per heavy atom. The third-order valence-corrected chi connectivity index (χ3v) is 3.57. The van der Waals surface area contributed by atoms with E-state index < -0.39 is 0 Å². The third-order valence-electron chi connectivity index (χ3n) is 3.57. The summed E-state index contributed by atoms with van der Waals surface area (Å²) >= 11 is 0. The van der Waals surface area contributed by atoms with Gasteiger partial charge in [0, 0.05) is 17.3 Å². The fraction of sp³-hybridized carbons (Fsp3) is 0.111. The van der Waals surface area contributed by atoms with Crippen LogP contribution < -0.4 is 5.32 Å². The molecular weight excluding hydrogens is 276 g/mol. The number of anilines is 1. The molecule has 0 fully saturated rings. The number of aromatic nitrogens is 1. The number of nitrogens with zero attached hydrogens (tertiary/aromatic N) is 1. The molecule has 0 radical (unpaired) electrons. The Labute approximate surface area is 128 Å². The quantitative estimate of drug-likeness (QED) is 0.786. The largest absolute Gasteiger partial charge is 0.355 e. The molecule has 0 saturated heterocycles. The first-order chi connectivity index (χ1) is 10.6. The first-order valence-electron chi connectivity index (χ1n) is 7.04. The Morgan fingerprint density at radius 1 is 1.00 bits per heavy atom. The van der Waals surface area contributed by atoms with Crippen molar-refractivity contribution in [3.8, 4) is 11.3 Å². The van der Waals surface area contributed by atoms with Crippen molar-refractivity contribution < 1.29 is 9.32 Å². The molecule has 1 aromatic heterocycles. The van der Waals surface area contributed by atoms with Crippen LogP contribution in [0.3, 0.4) is 0 Å². The fourth-order valence-corrected chi connectivity index (χ4v) is 2.13. The maximum atomic E-state index is 12.2. The Hall–Kier alpha value is -2.88. The van der Waals surface area contributed by atoms with E-state index in [1.165, 1.54) is 5.56 Å². The molecule has 0 aliphatic carbocycles. The van der Waals surface area contributed by atoms with Gasteiger partial charge in [0.05, 0.1) is 0 Å². The van der Waals surface area contributed by atoms with Crippen molar-refractivity contribution in [1.29, 1.82) is 0 Å². The van der Waals surface area contributed by atoms with E-state index in [0.29, 0.717) is 5.76 Å². The molecule has 0 saturated carbocycles. The minimum atomic E-state index is -0.283. The molecule has 0 aliphatic heterocycles. The third kappa shape index (κ3) is 2.91. The van der Waals surface area contributed by atoms with Gasteiger partial charge in [-0.15, -0.1) is 0 Å². The average Bonchev–Trinajstić information content (AvgIpc) is 3.02. The second-order valence-electron chi connectivity index (χ2n) is 5.20. The monoisotopic (exact) mass is 292 g/mol.